The molecule has 2 aliphatic heterocycles. The molecule has 2 aliphatic rings. The summed E-state index contributed by atoms with van der Waals surface area (Å²) in [6, 6.07) is 78.4. The fourth-order valence-electron chi connectivity index (χ4n) is 11.0. The van der Waals surface area contributed by atoms with Crippen molar-refractivity contribution in [1.29, 1.82) is 0 Å². The van der Waals surface area contributed by atoms with E-state index >= 15 is 4.79 Å². The van der Waals surface area contributed by atoms with Crippen molar-refractivity contribution in [2.45, 2.75) is 42.1 Å². The number of hydrogen-bond donors (Lipinski definition) is 3. The minimum Gasteiger partial charge on any atom is -0.461 e. The molecule has 0 aliphatic carbocycles. The molecule has 0 spiro atoms. The highest BCUT2D eigenvalue weighted by Crippen LogP contribution is 2.44. The van der Waals surface area contributed by atoms with Crippen LogP contribution in [-0.4, -0.2) is 68.1 Å². The second-order valence-corrected chi connectivity index (χ2v) is 23.4. The molecule has 17 heteroatoms. The first-order valence-electron chi connectivity index (χ1n) is 28.1. The molecule has 1 unspecified atom stereocenters. The Morgan fingerprint density at radius 3 is 1.43 bits per heavy atom. The fraction of sp³-hybridized carbons (Fsp3) is 0.129. The maximum absolute atomic E-state index is 15.1. The van der Waals surface area contributed by atoms with Gasteiger partial charge in [-0.3, -0.25) is 19.3 Å². The smallest absolute Gasteiger partial charge is 0.356 e. The van der Waals surface area contributed by atoms with Gasteiger partial charge in [-0.1, -0.05) is 248 Å². The average molecular weight is 1200 g/mol. The van der Waals surface area contributed by atoms with Crippen LogP contribution >= 0.6 is 34.4 Å². The lowest BCUT2D eigenvalue weighted by Crippen LogP contribution is -2.71. The second kappa shape index (κ2) is 26.1. The summed E-state index contributed by atoms with van der Waals surface area (Å²) < 4.78 is 11.7. The molecular formula is C70H57N7O7S3. The van der Waals surface area contributed by atoms with Gasteiger partial charge in [0.1, 0.15) is 40.5 Å². The lowest BCUT2D eigenvalue weighted by molar-refractivity contribution is -0.154. The second-order valence-electron chi connectivity index (χ2n) is 20.5. The van der Waals surface area contributed by atoms with E-state index in [2.05, 4.69) is 93.9 Å². The zero-order chi connectivity index (χ0) is 59.6. The lowest BCUT2D eigenvalue weighted by atomic mass is 9.77. The normalized spacial score (nSPS) is 15.0. The third-order valence-electron chi connectivity index (χ3n) is 15.1. The van der Waals surface area contributed by atoms with Gasteiger partial charge in [-0.05, 0) is 44.5 Å². The van der Waals surface area contributed by atoms with Gasteiger partial charge in [0, 0.05) is 29.0 Å². The number of amides is 2. The summed E-state index contributed by atoms with van der Waals surface area (Å²) in [5.74, 6) is -2.50. The van der Waals surface area contributed by atoms with Gasteiger partial charge in [-0.2, -0.15) is 0 Å². The van der Waals surface area contributed by atoms with Crippen LogP contribution in [0.1, 0.15) is 68.9 Å². The molecule has 3 N–H and O–H groups in total. The number of fused-ring (bicyclic) bond motifs is 1. The van der Waals surface area contributed by atoms with Crippen LogP contribution < -0.4 is 16.0 Å². The van der Waals surface area contributed by atoms with E-state index in [4.69, 9.17) is 24.3 Å². The topological polar surface area (TPSA) is 173 Å². The van der Waals surface area contributed by atoms with Gasteiger partial charge < -0.3 is 30.3 Å². The van der Waals surface area contributed by atoms with E-state index < -0.39 is 52.4 Å². The number of β-lactam (4-membered cyclic amide) rings is 1. The Balaban J connectivity index is 0.865. The summed E-state index contributed by atoms with van der Waals surface area (Å²) in [5.41, 5.74) is 6.34. The number of rotatable bonds is 22. The fourth-order valence-corrected chi connectivity index (χ4v) is 13.9. The number of ether oxygens (including phenoxy) is 2. The summed E-state index contributed by atoms with van der Waals surface area (Å²) in [7, 11) is 0. The molecule has 0 bridgehead atoms. The Hall–Kier alpha value is -9.94. The Labute approximate surface area is 515 Å². The number of nitrogens with one attached hydrogen (secondary N) is 3. The number of anilines is 2. The molecule has 0 radical (unpaired) electrons. The van der Waals surface area contributed by atoms with E-state index in [-0.39, 0.29) is 36.1 Å². The lowest BCUT2D eigenvalue weighted by Gasteiger charge is -2.49. The Morgan fingerprint density at radius 1 is 0.575 bits per heavy atom. The SMILES string of the molecule is CC(=O)OCC1=C(C(=O)OC(c2ccccc2)c2ccccc2)N2C(=O)C(NC(=O)/C(=N\OCc3csc(NC(c4ccccc4)(c4ccccc4)c4ccccc4)n3)c3csc(NC(c4ccccc4)(c4ccccc4)c4ccccc4)n3)[C@@H]2SC1. The molecule has 2 aromatic heterocycles. The molecule has 14 nitrogen and oxygen atoms in total. The molecule has 87 heavy (non-hydrogen) atoms. The quantitative estimate of drug-likeness (QED) is 0.0193. The predicted molar refractivity (Wildman–Crippen MR) is 341 cm³/mol. The monoisotopic (exact) mass is 1200 g/mol. The van der Waals surface area contributed by atoms with E-state index in [1.165, 1.54) is 46.3 Å². The van der Waals surface area contributed by atoms with Crippen molar-refractivity contribution in [2.24, 2.45) is 5.16 Å². The average Bonchev–Trinajstić information content (AvgIpc) is 1.41. The largest absolute Gasteiger partial charge is 0.461 e. The minimum absolute atomic E-state index is 0.0517. The maximum atomic E-state index is 15.1. The summed E-state index contributed by atoms with van der Waals surface area (Å²) in [5, 5.41) is 19.0. The van der Waals surface area contributed by atoms with E-state index in [0.29, 0.717) is 32.7 Å². The number of thioether (sulfide) groups is 1. The van der Waals surface area contributed by atoms with Crippen molar-refractivity contribution in [3.05, 3.63) is 321 Å². The molecule has 2 amide bonds. The van der Waals surface area contributed by atoms with Crippen molar-refractivity contribution in [3.8, 4) is 0 Å². The molecule has 0 saturated carbocycles. The van der Waals surface area contributed by atoms with Gasteiger partial charge in [0.05, 0.1) is 5.69 Å². The molecule has 8 aromatic carbocycles. The van der Waals surface area contributed by atoms with E-state index in [1.807, 2.05) is 175 Å². The molecule has 1 fully saturated rings. The van der Waals surface area contributed by atoms with Crippen LogP contribution in [0, 0.1) is 0 Å². The van der Waals surface area contributed by atoms with Crippen LogP contribution in [0.4, 0.5) is 10.3 Å². The molecule has 2 atom stereocenters. The minimum atomic E-state index is -1.13. The first kappa shape index (κ1) is 57.5. The van der Waals surface area contributed by atoms with Crippen molar-refractivity contribution in [3.63, 3.8) is 0 Å². The molecular weight excluding hydrogens is 1150 g/mol. The van der Waals surface area contributed by atoms with Gasteiger partial charge in [0.25, 0.3) is 11.8 Å². The van der Waals surface area contributed by atoms with Crippen LogP contribution in [0.3, 0.4) is 0 Å². The molecule has 1 saturated heterocycles. The molecule has 10 aromatic rings. The Bertz CT molecular complexity index is 3830. The number of nitrogens with zero attached hydrogens (tertiary/aromatic N) is 4. The van der Waals surface area contributed by atoms with E-state index in [0.717, 1.165) is 33.4 Å². The Kier molecular flexibility index (Phi) is 17.3. The van der Waals surface area contributed by atoms with Gasteiger partial charge in [0.2, 0.25) is 0 Å². The molecule has 12 rings (SSSR count). The number of carbonyl (C=O) groups excluding carboxylic acids is 4. The third-order valence-corrected chi connectivity index (χ3v) is 18.0. The van der Waals surface area contributed by atoms with Crippen LogP contribution in [-0.2, 0) is 51.2 Å². The first-order valence-corrected chi connectivity index (χ1v) is 30.9. The number of esters is 2. The van der Waals surface area contributed by atoms with Gasteiger partial charge in [0.15, 0.2) is 28.7 Å². The summed E-state index contributed by atoms with van der Waals surface area (Å²) in [4.78, 5) is 74.2. The highest BCUT2D eigenvalue weighted by Gasteiger charge is 2.55. The number of oxime groups is 1. The molecule has 4 heterocycles. The van der Waals surface area contributed by atoms with Crippen molar-refractivity contribution in [2.75, 3.05) is 23.0 Å². The number of aromatic nitrogens is 2. The van der Waals surface area contributed by atoms with Crippen LogP contribution in [0.25, 0.3) is 0 Å². The summed E-state index contributed by atoms with van der Waals surface area (Å²) in [6.45, 7) is 0.886. The van der Waals surface area contributed by atoms with Crippen molar-refractivity contribution >= 4 is 74.2 Å². The highest BCUT2D eigenvalue weighted by molar-refractivity contribution is 8.00. The molecule has 432 valence electrons. The van der Waals surface area contributed by atoms with Crippen molar-refractivity contribution < 1.29 is 33.5 Å². The highest BCUT2D eigenvalue weighted by atomic mass is 32.2. The zero-order valence-electron chi connectivity index (χ0n) is 47.0. The number of benzene rings is 8. The number of carbonyl (C=O) groups is 4. The standard InChI is InChI=1S/C70H57N7O7S3/c1-47(78)82-42-50-44-85-65-60(64(80)77(65)61(50)66(81)84-62(48-26-10-2-11-27-48)49-28-12-3-13-29-49)73-63(79)59(58-46-87-68(72-58)75-70(54-36-20-7-21-37-54,55-38-22-8-23-39-55)56-40-24-9-25-41-56)76-83-43-57-45-86-67(71-57)74-69(51-30-14-4-15-31-51,52-32-16-5-17-33-52)53-34-18-6-19-35-53/h2-41,45-46,60,62,65H,42-44H2,1H3,(H,71,74)(H,72,75)(H,73,79)/b76-59-/t60?,65-/m0/s1. The summed E-state index contributed by atoms with van der Waals surface area (Å²) >= 11 is 4.00. The predicted octanol–water partition coefficient (Wildman–Crippen LogP) is 12.9. The van der Waals surface area contributed by atoms with Crippen LogP contribution in [0.5, 0.6) is 0 Å². The number of hydrogen-bond acceptors (Lipinski definition) is 15. The third kappa shape index (κ3) is 12.1. The maximum Gasteiger partial charge on any atom is 0.356 e. The van der Waals surface area contributed by atoms with Gasteiger partial charge in [-0.15, -0.1) is 34.4 Å². The van der Waals surface area contributed by atoms with Crippen molar-refractivity contribution in [1.82, 2.24) is 20.2 Å². The van der Waals surface area contributed by atoms with Gasteiger partial charge >= 0.3 is 11.9 Å². The van der Waals surface area contributed by atoms with Gasteiger partial charge in [-0.25, -0.2) is 14.8 Å². The first-order chi connectivity index (χ1) is 42.7. The van der Waals surface area contributed by atoms with E-state index in [1.54, 1.807) is 5.38 Å². The number of thiazole rings is 2. The van der Waals surface area contributed by atoms with Crippen LogP contribution in [0.2, 0.25) is 0 Å². The van der Waals surface area contributed by atoms with E-state index in [9.17, 15) is 14.4 Å². The Morgan fingerprint density at radius 2 is 0.989 bits per heavy atom. The zero-order valence-corrected chi connectivity index (χ0v) is 49.4. The van der Waals surface area contributed by atoms with Crippen LogP contribution in [0.15, 0.2) is 270 Å². The summed E-state index contributed by atoms with van der Waals surface area (Å²) in [6.07, 6.45) is -0.838.